The Balaban J connectivity index is 3.16. The van der Waals surface area contributed by atoms with Gasteiger partial charge in [0.1, 0.15) is 8.07 Å². The van der Waals surface area contributed by atoms with Crippen LogP contribution >= 0.6 is 0 Å². The zero-order valence-corrected chi connectivity index (χ0v) is 10.7. The molecule has 0 fully saturated rings. The van der Waals surface area contributed by atoms with E-state index in [1.807, 2.05) is 6.07 Å². The minimum atomic E-state index is -1.62. The van der Waals surface area contributed by atoms with Gasteiger partial charge in [-0.3, -0.25) is 0 Å². The molecule has 2 nitrogen and oxygen atoms in total. The molecule has 0 unspecified atom stereocenters. The van der Waals surface area contributed by atoms with E-state index in [4.69, 9.17) is 4.42 Å². The molecule has 80 valence electrons. The smallest absolute Gasteiger partial charge is 0.132 e. The highest BCUT2D eigenvalue weighted by Crippen LogP contribution is 2.36. The quantitative estimate of drug-likeness (QED) is 0.764. The van der Waals surface area contributed by atoms with E-state index in [1.165, 1.54) is 0 Å². The third kappa shape index (κ3) is 1.79. The van der Waals surface area contributed by atoms with Crippen molar-refractivity contribution in [2.45, 2.75) is 45.5 Å². The van der Waals surface area contributed by atoms with Gasteiger partial charge in [0.05, 0.1) is 18.3 Å². The SMILES string of the molecule is CC(C)(C)[Si](C)(C)c1occc1CO. The van der Waals surface area contributed by atoms with Crippen molar-refractivity contribution in [3.8, 4) is 0 Å². The normalized spacial score (nSPS) is 13.3. The third-order valence-electron chi connectivity index (χ3n) is 3.36. The van der Waals surface area contributed by atoms with Crippen LogP contribution < -0.4 is 5.38 Å². The van der Waals surface area contributed by atoms with Crippen LogP contribution in [0.3, 0.4) is 0 Å². The Kier molecular flexibility index (Phi) is 2.93. The van der Waals surface area contributed by atoms with Gasteiger partial charge in [-0.05, 0) is 11.1 Å². The minimum Gasteiger partial charge on any atom is -0.474 e. The maximum Gasteiger partial charge on any atom is 0.132 e. The summed E-state index contributed by atoms with van der Waals surface area (Å²) in [5.74, 6) is 0. The molecule has 0 amide bonds. The molecule has 0 saturated carbocycles. The predicted molar refractivity (Wildman–Crippen MR) is 61.5 cm³/mol. The summed E-state index contributed by atoms with van der Waals surface area (Å²) in [5, 5.41) is 10.5. The first-order valence-corrected chi connectivity index (χ1v) is 7.98. The van der Waals surface area contributed by atoms with Crippen LogP contribution in [-0.2, 0) is 6.61 Å². The summed E-state index contributed by atoms with van der Waals surface area (Å²) in [5.41, 5.74) is 0.955. The van der Waals surface area contributed by atoms with Gasteiger partial charge in [0.25, 0.3) is 0 Å². The lowest BCUT2D eigenvalue weighted by Gasteiger charge is -2.35. The molecule has 1 N–H and O–H groups in total. The molecule has 1 aromatic heterocycles. The van der Waals surface area contributed by atoms with Crippen molar-refractivity contribution in [3.05, 3.63) is 17.9 Å². The van der Waals surface area contributed by atoms with E-state index in [0.29, 0.717) is 0 Å². The molecule has 0 aliphatic carbocycles. The summed E-state index contributed by atoms with van der Waals surface area (Å²) in [6.45, 7) is 11.4. The number of hydrogen-bond acceptors (Lipinski definition) is 2. The molecular formula is C11H20O2Si. The minimum absolute atomic E-state index is 0.0817. The summed E-state index contributed by atoms with van der Waals surface area (Å²) in [4.78, 5) is 0. The topological polar surface area (TPSA) is 33.4 Å². The molecular weight excluding hydrogens is 192 g/mol. The van der Waals surface area contributed by atoms with Crippen LogP contribution in [0, 0.1) is 0 Å². The van der Waals surface area contributed by atoms with Crippen LogP contribution in [0.5, 0.6) is 0 Å². The van der Waals surface area contributed by atoms with Crippen LogP contribution in [0.15, 0.2) is 16.7 Å². The maximum absolute atomic E-state index is 9.20. The van der Waals surface area contributed by atoms with Gasteiger partial charge in [0, 0.05) is 5.56 Å². The van der Waals surface area contributed by atoms with Gasteiger partial charge in [0.15, 0.2) is 0 Å². The van der Waals surface area contributed by atoms with Crippen LogP contribution in [0.2, 0.25) is 18.1 Å². The Morgan fingerprint density at radius 1 is 1.36 bits per heavy atom. The van der Waals surface area contributed by atoms with Crippen LogP contribution in [0.4, 0.5) is 0 Å². The molecule has 0 bridgehead atoms. The molecule has 3 heteroatoms. The largest absolute Gasteiger partial charge is 0.474 e. The van der Waals surface area contributed by atoms with E-state index in [-0.39, 0.29) is 11.6 Å². The molecule has 0 aliphatic rings. The van der Waals surface area contributed by atoms with Crippen LogP contribution in [0.25, 0.3) is 0 Å². The molecule has 14 heavy (non-hydrogen) atoms. The Morgan fingerprint density at radius 2 is 1.93 bits per heavy atom. The molecule has 0 spiro atoms. The Bertz CT molecular complexity index is 307. The fraction of sp³-hybridized carbons (Fsp3) is 0.636. The van der Waals surface area contributed by atoms with Crippen molar-refractivity contribution in [1.29, 1.82) is 0 Å². The van der Waals surface area contributed by atoms with Crippen LogP contribution in [0.1, 0.15) is 26.3 Å². The number of rotatable bonds is 2. The van der Waals surface area contributed by atoms with Crippen molar-refractivity contribution in [3.63, 3.8) is 0 Å². The molecule has 0 aliphatic heterocycles. The molecule has 1 heterocycles. The highest BCUT2D eigenvalue weighted by molar-refractivity contribution is 6.91. The Morgan fingerprint density at radius 3 is 2.36 bits per heavy atom. The van der Waals surface area contributed by atoms with Gasteiger partial charge in [-0.1, -0.05) is 33.9 Å². The zero-order chi connectivity index (χ0) is 11.0. The number of hydrogen-bond donors (Lipinski definition) is 1. The second-order valence-corrected chi connectivity index (χ2v) is 10.5. The summed E-state index contributed by atoms with van der Waals surface area (Å²) in [6, 6.07) is 1.87. The lowest BCUT2D eigenvalue weighted by molar-refractivity contribution is 0.282. The third-order valence-corrected chi connectivity index (χ3v) is 8.68. The van der Waals surface area contributed by atoms with E-state index >= 15 is 0 Å². The lowest BCUT2D eigenvalue weighted by atomic mass is 10.2. The summed E-state index contributed by atoms with van der Waals surface area (Å²) in [7, 11) is -1.62. The second-order valence-electron chi connectivity index (χ2n) is 5.31. The van der Waals surface area contributed by atoms with Crippen molar-refractivity contribution < 1.29 is 9.52 Å². The monoisotopic (exact) mass is 212 g/mol. The van der Waals surface area contributed by atoms with E-state index in [1.54, 1.807) is 6.26 Å². The highest BCUT2D eigenvalue weighted by atomic mass is 28.3. The second kappa shape index (κ2) is 3.55. The highest BCUT2D eigenvalue weighted by Gasteiger charge is 2.41. The van der Waals surface area contributed by atoms with E-state index < -0.39 is 8.07 Å². The number of aliphatic hydroxyl groups excluding tert-OH is 1. The molecule has 0 atom stereocenters. The van der Waals surface area contributed by atoms with Crippen molar-refractivity contribution >= 4 is 13.5 Å². The fourth-order valence-corrected chi connectivity index (χ4v) is 3.36. The van der Waals surface area contributed by atoms with Gasteiger partial charge in [-0.25, -0.2) is 0 Å². The van der Waals surface area contributed by atoms with E-state index in [0.717, 1.165) is 10.9 Å². The zero-order valence-electron chi connectivity index (χ0n) is 9.72. The van der Waals surface area contributed by atoms with Crippen LogP contribution in [-0.4, -0.2) is 13.2 Å². The first kappa shape index (κ1) is 11.5. The van der Waals surface area contributed by atoms with Gasteiger partial charge < -0.3 is 9.52 Å². The van der Waals surface area contributed by atoms with Crippen molar-refractivity contribution in [2.75, 3.05) is 0 Å². The predicted octanol–water partition coefficient (Wildman–Crippen LogP) is 2.49. The Hall–Kier alpha value is -0.543. The standard InChI is InChI=1S/C11H20O2Si/c1-11(2,3)14(4,5)10-9(8-12)6-7-13-10/h6-7,12H,8H2,1-5H3. The molecule has 0 radical (unpaired) electrons. The van der Waals surface area contributed by atoms with Crippen molar-refractivity contribution in [2.24, 2.45) is 0 Å². The molecule has 1 aromatic rings. The summed E-state index contributed by atoms with van der Waals surface area (Å²) < 4.78 is 5.55. The molecule has 1 rings (SSSR count). The van der Waals surface area contributed by atoms with E-state index in [9.17, 15) is 5.11 Å². The first-order valence-electron chi connectivity index (χ1n) is 4.98. The van der Waals surface area contributed by atoms with Gasteiger partial charge in [-0.15, -0.1) is 0 Å². The Labute approximate surface area is 87.0 Å². The van der Waals surface area contributed by atoms with Crippen molar-refractivity contribution in [1.82, 2.24) is 0 Å². The van der Waals surface area contributed by atoms with E-state index in [2.05, 4.69) is 33.9 Å². The lowest BCUT2D eigenvalue weighted by Crippen LogP contribution is -2.50. The van der Waals surface area contributed by atoms with Gasteiger partial charge >= 0.3 is 0 Å². The molecule has 0 aromatic carbocycles. The summed E-state index contributed by atoms with van der Waals surface area (Å²) in [6.07, 6.45) is 1.68. The average molecular weight is 212 g/mol. The summed E-state index contributed by atoms with van der Waals surface area (Å²) >= 11 is 0. The number of furan rings is 1. The first-order chi connectivity index (χ1) is 6.30. The maximum atomic E-state index is 9.20. The average Bonchev–Trinajstić information content (AvgIpc) is 2.49. The fourth-order valence-electron chi connectivity index (χ4n) is 1.35. The molecule has 0 saturated heterocycles. The number of aliphatic hydroxyl groups is 1. The van der Waals surface area contributed by atoms with Gasteiger partial charge in [-0.2, -0.15) is 0 Å². The van der Waals surface area contributed by atoms with Gasteiger partial charge in [0.2, 0.25) is 0 Å².